The van der Waals surface area contributed by atoms with Gasteiger partial charge in [-0.15, -0.1) is 11.3 Å². The monoisotopic (exact) mass is 354 g/mol. The Morgan fingerprint density at radius 2 is 2.15 bits per heavy atom. The molecule has 0 aliphatic carbocycles. The van der Waals surface area contributed by atoms with Gasteiger partial charge in [0.1, 0.15) is 12.4 Å². The summed E-state index contributed by atoms with van der Waals surface area (Å²) in [6.07, 6.45) is 0. The molecule has 0 amide bonds. The van der Waals surface area contributed by atoms with Crippen LogP contribution in [0.4, 0.5) is 0 Å². The van der Waals surface area contributed by atoms with Crippen molar-refractivity contribution < 1.29 is 4.74 Å². The van der Waals surface area contributed by atoms with Gasteiger partial charge in [-0.1, -0.05) is 29.8 Å². The molecule has 2 aromatic rings. The van der Waals surface area contributed by atoms with Crippen LogP contribution in [0.2, 0.25) is 0 Å². The average Bonchev–Trinajstić information content (AvgIpc) is 2.85. The molecule has 2 N–H and O–H groups in total. The molecule has 5 heteroatoms. The summed E-state index contributed by atoms with van der Waals surface area (Å²) in [6, 6.07) is 4.04. The van der Waals surface area contributed by atoms with Gasteiger partial charge in [0, 0.05) is 27.9 Å². The third-order valence-corrected chi connectivity index (χ3v) is 4.62. The van der Waals surface area contributed by atoms with Gasteiger partial charge in [0.2, 0.25) is 0 Å². The number of aromatic nitrogens is 1. The first kappa shape index (κ1) is 15.5. The molecule has 3 nitrogen and oxygen atoms in total. The van der Waals surface area contributed by atoms with Crippen molar-refractivity contribution in [3.8, 4) is 5.75 Å². The van der Waals surface area contributed by atoms with Gasteiger partial charge in [-0.25, -0.2) is 4.98 Å². The summed E-state index contributed by atoms with van der Waals surface area (Å²) in [4.78, 5) is 4.58. The first-order chi connectivity index (χ1) is 9.51. The normalized spacial score (nSPS) is 11.1. The quantitative estimate of drug-likeness (QED) is 0.866. The molecule has 2 rings (SSSR count). The van der Waals surface area contributed by atoms with Crippen molar-refractivity contribution in [2.45, 2.75) is 39.8 Å². The number of nitrogens with two attached hydrogens (primary N) is 1. The molecule has 0 fully saturated rings. The van der Waals surface area contributed by atoms with E-state index in [4.69, 9.17) is 10.5 Å². The van der Waals surface area contributed by atoms with Gasteiger partial charge in [0.05, 0.1) is 10.7 Å². The van der Waals surface area contributed by atoms with Gasteiger partial charge in [-0.2, -0.15) is 0 Å². The summed E-state index contributed by atoms with van der Waals surface area (Å²) >= 11 is 5.17. The zero-order valence-electron chi connectivity index (χ0n) is 11.9. The van der Waals surface area contributed by atoms with Crippen LogP contribution in [0, 0.1) is 6.92 Å². The standard InChI is InChI=1S/C15H19BrN2OS/c1-9(2)15-18-13(8-20-15)7-19-14-10(3)4-12(16)5-11(14)6-17/h4-5,8-9H,6-7,17H2,1-3H3. The Morgan fingerprint density at radius 1 is 1.40 bits per heavy atom. The van der Waals surface area contributed by atoms with Gasteiger partial charge < -0.3 is 10.5 Å². The van der Waals surface area contributed by atoms with Crippen LogP contribution in [0.3, 0.4) is 0 Å². The topological polar surface area (TPSA) is 48.1 Å². The molecule has 0 radical (unpaired) electrons. The minimum absolute atomic E-state index is 0.461. The zero-order chi connectivity index (χ0) is 14.7. The van der Waals surface area contributed by atoms with Gasteiger partial charge >= 0.3 is 0 Å². The molecule has 0 aliphatic heterocycles. The Labute approximate surface area is 132 Å². The van der Waals surface area contributed by atoms with Crippen LogP contribution in [-0.2, 0) is 13.2 Å². The minimum Gasteiger partial charge on any atom is -0.487 e. The summed E-state index contributed by atoms with van der Waals surface area (Å²) in [5.41, 5.74) is 8.86. The molecule has 0 atom stereocenters. The van der Waals surface area contributed by atoms with Crippen LogP contribution >= 0.6 is 27.3 Å². The van der Waals surface area contributed by atoms with E-state index in [2.05, 4.69) is 40.1 Å². The summed E-state index contributed by atoms with van der Waals surface area (Å²) in [7, 11) is 0. The summed E-state index contributed by atoms with van der Waals surface area (Å²) in [5, 5.41) is 3.21. The molecular weight excluding hydrogens is 336 g/mol. The van der Waals surface area contributed by atoms with E-state index in [1.807, 2.05) is 19.1 Å². The molecule has 1 aromatic carbocycles. The van der Waals surface area contributed by atoms with Gasteiger partial charge in [-0.3, -0.25) is 0 Å². The Balaban J connectivity index is 2.14. The molecule has 0 saturated heterocycles. The molecule has 1 heterocycles. The van der Waals surface area contributed by atoms with Crippen molar-refractivity contribution in [3.63, 3.8) is 0 Å². The molecule has 0 saturated carbocycles. The Kier molecular flexibility index (Phi) is 5.18. The Bertz CT molecular complexity index is 596. The lowest BCUT2D eigenvalue weighted by Gasteiger charge is -2.13. The van der Waals surface area contributed by atoms with Crippen molar-refractivity contribution >= 4 is 27.3 Å². The lowest BCUT2D eigenvalue weighted by atomic mass is 10.1. The van der Waals surface area contributed by atoms with E-state index in [9.17, 15) is 0 Å². The van der Waals surface area contributed by atoms with E-state index >= 15 is 0 Å². The van der Waals surface area contributed by atoms with Gasteiger partial charge in [0.15, 0.2) is 0 Å². The summed E-state index contributed by atoms with van der Waals surface area (Å²) in [5.74, 6) is 1.33. The van der Waals surface area contributed by atoms with Crippen molar-refractivity contribution in [1.82, 2.24) is 4.98 Å². The lowest BCUT2D eigenvalue weighted by Crippen LogP contribution is -2.05. The van der Waals surface area contributed by atoms with Gasteiger partial charge in [-0.05, 0) is 24.6 Å². The smallest absolute Gasteiger partial charge is 0.131 e. The molecule has 0 spiro atoms. The molecule has 0 bridgehead atoms. The first-order valence-electron chi connectivity index (χ1n) is 6.57. The maximum absolute atomic E-state index is 5.94. The second-order valence-electron chi connectivity index (χ2n) is 5.04. The fourth-order valence-corrected chi connectivity index (χ4v) is 3.40. The first-order valence-corrected chi connectivity index (χ1v) is 8.24. The number of aryl methyl sites for hydroxylation is 1. The van der Waals surface area contributed by atoms with Crippen molar-refractivity contribution in [2.24, 2.45) is 5.73 Å². The maximum Gasteiger partial charge on any atom is 0.131 e. The molecular formula is C15H19BrN2OS. The predicted octanol–water partition coefficient (Wildman–Crippen LogP) is 4.38. The SMILES string of the molecule is Cc1cc(Br)cc(CN)c1OCc1csc(C(C)C)n1. The fourth-order valence-electron chi connectivity index (χ4n) is 1.96. The third kappa shape index (κ3) is 3.59. The Hall–Kier alpha value is -0.910. The van der Waals surface area contributed by atoms with Crippen LogP contribution in [0.5, 0.6) is 5.75 Å². The van der Waals surface area contributed by atoms with Crippen molar-refractivity contribution in [3.05, 3.63) is 43.8 Å². The van der Waals surface area contributed by atoms with E-state index in [1.54, 1.807) is 11.3 Å². The number of hydrogen-bond acceptors (Lipinski definition) is 4. The minimum atomic E-state index is 0.461. The summed E-state index contributed by atoms with van der Waals surface area (Å²) < 4.78 is 6.96. The van der Waals surface area contributed by atoms with E-state index < -0.39 is 0 Å². The second-order valence-corrected chi connectivity index (χ2v) is 6.84. The van der Waals surface area contributed by atoms with E-state index in [-0.39, 0.29) is 0 Å². The molecule has 0 aliphatic rings. The highest BCUT2D eigenvalue weighted by Gasteiger charge is 2.10. The highest BCUT2D eigenvalue weighted by molar-refractivity contribution is 9.10. The maximum atomic E-state index is 5.94. The molecule has 108 valence electrons. The number of thiazole rings is 1. The predicted molar refractivity (Wildman–Crippen MR) is 87.3 cm³/mol. The summed E-state index contributed by atoms with van der Waals surface area (Å²) in [6.45, 7) is 7.27. The average molecular weight is 355 g/mol. The number of rotatable bonds is 5. The number of halogens is 1. The van der Waals surface area contributed by atoms with Crippen LogP contribution in [-0.4, -0.2) is 4.98 Å². The third-order valence-electron chi connectivity index (χ3n) is 2.96. The number of benzene rings is 1. The van der Waals surface area contributed by atoms with E-state index in [1.165, 1.54) is 0 Å². The largest absolute Gasteiger partial charge is 0.487 e. The fraction of sp³-hybridized carbons (Fsp3) is 0.400. The number of nitrogens with zero attached hydrogens (tertiary/aromatic N) is 1. The molecule has 0 unspecified atom stereocenters. The van der Waals surface area contributed by atoms with Crippen LogP contribution in [0.15, 0.2) is 22.0 Å². The second kappa shape index (κ2) is 6.70. The van der Waals surface area contributed by atoms with E-state index in [0.717, 1.165) is 32.1 Å². The Morgan fingerprint density at radius 3 is 2.75 bits per heavy atom. The van der Waals surface area contributed by atoms with Crippen LogP contribution in [0.25, 0.3) is 0 Å². The van der Waals surface area contributed by atoms with Crippen molar-refractivity contribution in [2.75, 3.05) is 0 Å². The zero-order valence-corrected chi connectivity index (χ0v) is 14.3. The number of ether oxygens (including phenoxy) is 1. The highest BCUT2D eigenvalue weighted by Crippen LogP contribution is 2.29. The van der Waals surface area contributed by atoms with Gasteiger partial charge in [0.25, 0.3) is 0 Å². The lowest BCUT2D eigenvalue weighted by molar-refractivity contribution is 0.296. The van der Waals surface area contributed by atoms with Crippen LogP contribution in [0.1, 0.15) is 41.6 Å². The van der Waals surface area contributed by atoms with Crippen molar-refractivity contribution in [1.29, 1.82) is 0 Å². The molecule has 1 aromatic heterocycles. The molecule has 20 heavy (non-hydrogen) atoms. The van der Waals surface area contributed by atoms with E-state index in [0.29, 0.717) is 19.1 Å². The van der Waals surface area contributed by atoms with Crippen LogP contribution < -0.4 is 10.5 Å². The number of hydrogen-bond donors (Lipinski definition) is 1. The highest BCUT2D eigenvalue weighted by atomic mass is 79.9.